The smallest absolute Gasteiger partial charge is 0.258 e. The van der Waals surface area contributed by atoms with Gasteiger partial charge in [0.15, 0.2) is 0 Å². The van der Waals surface area contributed by atoms with Crippen LogP contribution in [-0.2, 0) is 0 Å². The molecule has 0 aliphatic carbocycles. The van der Waals surface area contributed by atoms with Crippen LogP contribution in [0, 0.1) is 18.6 Å². The van der Waals surface area contributed by atoms with Crippen LogP contribution in [0.5, 0.6) is 0 Å². The number of carbonyl (C=O) groups excluding carboxylic acids is 1. The van der Waals surface area contributed by atoms with Gasteiger partial charge in [-0.15, -0.1) is 0 Å². The number of anilines is 3. The third-order valence-corrected chi connectivity index (χ3v) is 3.68. The molecule has 0 aliphatic heterocycles. The third-order valence-electron chi connectivity index (χ3n) is 3.68. The lowest BCUT2D eigenvalue weighted by Gasteiger charge is -2.13. The second-order valence-electron chi connectivity index (χ2n) is 5.61. The molecule has 3 nitrogen and oxygen atoms in total. The van der Waals surface area contributed by atoms with Gasteiger partial charge in [0.2, 0.25) is 0 Å². The normalized spacial score (nSPS) is 10.4. The van der Waals surface area contributed by atoms with E-state index in [0.29, 0.717) is 11.4 Å². The minimum Gasteiger partial charge on any atom is -0.354 e. The van der Waals surface area contributed by atoms with Gasteiger partial charge in [-0.3, -0.25) is 4.79 Å². The van der Waals surface area contributed by atoms with Crippen LogP contribution >= 0.6 is 0 Å². The van der Waals surface area contributed by atoms with Crippen LogP contribution in [0.2, 0.25) is 0 Å². The first kappa shape index (κ1) is 16.6. The first-order chi connectivity index (χ1) is 12.0. The van der Waals surface area contributed by atoms with Gasteiger partial charge < -0.3 is 10.6 Å². The molecule has 5 heteroatoms. The van der Waals surface area contributed by atoms with E-state index in [0.717, 1.165) is 29.4 Å². The molecule has 0 fully saturated rings. The summed E-state index contributed by atoms with van der Waals surface area (Å²) in [6.07, 6.45) is 0. The number of hydrogen-bond acceptors (Lipinski definition) is 2. The summed E-state index contributed by atoms with van der Waals surface area (Å²) in [5, 5.41) is 5.82. The highest BCUT2D eigenvalue weighted by molar-refractivity contribution is 6.06. The number of carbonyl (C=O) groups is 1. The van der Waals surface area contributed by atoms with E-state index in [9.17, 15) is 13.6 Å². The molecule has 0 unspecified atom stereocenters. The number of hydrogen-bond donors (Lipinski definition) is 2. The van der Waals surface area contributed by atoms with Gasteiger partial charge in [-0.1, -0.05) is 29.8 Å². The number of aryl methyl sites for hydroxylation is 1. The Morgan fingerprint density at radius 1 is 0.880 bits per heavy atom. The molecule has 2 N–H and O–H groups in total. The van der Waals surface area contributed by atoms with Gasteiger partial charge >= 0.3 is 0 Å². The van der Waals surface area contributed by atoms with E-state index in [1.54, 1.807) is 18.2 Å². The molecule has 0 aliphatic rings. The van der Waals surface area contributed by atoms with Crippen LogP contribution in [0.25, 0.3) is 0 Å². The summed E-state index contributed by atoms with van der Waals surface area (Å²) in [6, 6.07) is 17.6. The van der Waals surface area contributed by atoms with Crippen LogP contribution in [0.15, 0.2) is 66.7 Å². The Hall–Kier alpha value is -3.21. The fourth-order valence-corrected chi connectivity index (χ4v) is 2.35. The molecular formula is C20H16F2N2O. The van der Waals surface area contributed by atoms with Gasteiger partial charge in [0.25, 0.3) is 5.91 Å². The lowest BCUT2D eigenvalue weighted by Crippen LogP contribution is -2.15. The fourth-order valence-electron chi connectivity index (χ4n) is 2.35. The average molecular weight is 338 g/mol. The van der Waals surface area contributed by atoms with Crippen molar-refractivity contribution in [1.29, 1.82) is 0 Å². The van der Waals surface area contributed by atoms with Gasteiger partial charge in [-0.2, -0.15) is 0 Å². The predicted molar refractivity (Wildman–Crippen MR) is 95.2 cm³/mol. The summed E-state index contributed by atoms with van der Waals surface area (Å²) in [7, 11) is 0. The van der Waals surface area contributed by atoms with E-state index in [1.807, 2.05) is 37.3 Å². The Bertz CT molecular complexity index is 908. The van der Waals surface area contributed by atoms with E-state index in [2.05, 4.69) is 10.6 Å². The molecule has 126 valence electrons. The molecule has 0 heterocycles. The van der Waals surface area contributed by atoms with Crippen molar-refractivity contribution in [2.24, 2.45) is 0 Å². The lowest BCUT2D eigenvalue weighted by molar-refractivity contribution is 0.102. The highest BCUT2D eigenvalue weighted by atomic mass is 19.1. The molecule has 0 atom stereocenters. The second-order valence-corrected chi connectivity index (χ2v) is 5.61. The maximum absolute atomic E-state index is 13.8. The minimum atomic E-state index is -0.775. The SMILES string of the molecule is Cc1ccc(Nc2ccccc2NC(=O)c2cc(F)ccc2F)cc1. The molecule has 25 heavy (non-hydrogen) atoms. The Morgan fingerprint density at radius 2 is 1.56 bits per heavy atom. The molecule has 3 rings (SSSR count). The molecule has 3 aromatic carbocycles. The number of halogens is 2. The third kappa shape index (κ3) is 4.01. The Morgan fingerprint density at radius 3 is 2.28 bits per heavy atom. The predicted octanol–water partition coefficient (Wildman–Crippen LogP) is 5.27. The maximum Gasteiger partial charge on any atom is 0.258 e. The standard InChI is InChI=1S/C20H16F2N2O/c1-13-6-9-15(10-7-13)23-18-4-2-3-5-19(18)24-20(25)16-12-14(21)8-11-17(16)22/h2-12,23H,1H3,(H,24,25). The molecule has 0 aromatic heterocycles. The van der Waals surface area contributed by atoms with Crippen molar-refractivity contribution in [3.63, 3.8) is 0 Å². The van der Waals surface area contributed by atoms with Crippen LogP contribution in [0.1, 0.15) is 15.9 Å². The Labute approximate surface area is 144 Å². The average Bonchev–Trinajstić information content (AvgIpc) is 2.60. The van der Waals surface area contributed by atoms with Gasteiger partial charge in [0, 0.05) is 5.69 Å². The van der Waals surface area contributed by atoms with Crippen molar-refractivity contribution in [2.45, 2.75) is 6.92 Å². The summed E-state index contributed by atoms with van der Waals surface area (Å²) >= 11 is 0. The summed E-state index contributed by atoms with van der Waals surface area (Å²) in [5.41, 5.74) is 2.76. The molecule has 0 radical (unpaired) electrons. The highest BCUT2D eigenvalue weighted by Crippen LogP contribution is 2.26. The molecule has 0 saturated heterocycles. The zero-order chi connectivity index (χ0) is 17.8. The van der Waals surface area contributed by atoms with E-state index in [-0.39, 0.29) is 5.56 Å². The summed E-state index contributed by atoms with van der Waals surface area (Å²) < 4.78 is 27.1. The van der Waals surface area contributed by atoms with Crippen LogP contribution in [0.4, 0.5) is 25.8 Å². The van der Waals surface area contributed by atoms with Crippen LogP contribution < -0.4 is 10.6 Å². The lowest BCUT2D eigenvalue weighted by atomic mass is 10.1. The number of benzene rings is 3. The van der Waals surface area contributed by atoms with Gasteiger partial charge in [-0.05, 0) is 49.4 Å². The minimum absolute atomic E-state index is 0.342. The molecule has 3 aromatic rings. The van der Waals surface area contributed by atoms with Crippen molar-refractivity contribution < 1.29 is 13.6 Å². The van der Waals surface area contributed by atoms with Crippen molar-refractivity contribution in [2.75, 3.05) is 10.6 Å². The molecular weight excluding hydrogens is 322 g/mol. The molecule has 0 bridgehead atoms. The number of rotatable bonds is 4. The Balaban J connectivity index is 1.84. The van der Waals surface area contributed by atoms with Crippen molar-refractivity contribution in [3.05, 3.63) is 89.5 Å². The van der Waals surface area contributed by atoms with Gasteiger partial charge in [0.1, 0.15) is 11.6 Å². The van der Waals surface area contributed by atoms with E-state index >= 15 is 0 Å². The first-order valence-electron chi connectivity index (χ1n) is 7.72. The van der Waals surface area contributed by atoms with Crippen molar-refractivity contribution in [1.82, 2.24) is 0 Å². The number of para-hydroxylation sites is 2. The zero-order valence-electron chi connectivity index (χ0n) is 13.5. The van der Waals surface area contributed by atoms with Crippen molar-refractivity contribution >= 4 is 23.0 Å². The number of amides is 1. The summed E-state index contributed by atoms with van der Waals surface area (Å²) in [6.45, 7) is 1.99. The van der Waals surface area contributed by atoms with Crippen molar-refractivity contribution in [3.8, 4) is 0 Å². The highest BCUT2D eigenvalue weighted by Gasteiger charge is 2.14. The van der Waals surface area contributed by atoms with Gasteiger partial charge in [-0.25, -0.2) is 8.78 Å². The molecule has 0 spiro atoms. The Kier molecular flexibility index (Phi) is 4.75. The topological polar surface area (TPSA) is 41.1 Å². The molecule has 0 saturated carbocycles. The number of nitrogens with one attached hydrogen (secondary N) is 2. The monoisotopic (exact) mass is 338 g/mol. The largest absolute Gasteiger partial charge is 0.354 e. The maximum atomic E-state index is 13.8. The van der Waals surface area contributed by atoms with Crippen LogP contribution in [-0.4, -0.2) is 5.91 Å². The fraction of sp³-hybridized carbons (Fsp3) is 0.0500. The van der Waals surface area contributed by atoms with Crippen LogP contribution in [0.3, 0.4) is 0 Å². The first-order valence-corrected chi connectivity index (χ1v) is 7.72. The van der Waals surface area contributed by atoms with E-state index < -0.39 is 17.5 Å². The second kappa shape index (κ2) is 7.13. The quantitative estimate of drug-likeness (QED) is 0.680. The van der Waals surface area contributed by atoms with E-state index in [4.69, 9.17) is 0 Å². The summed E-state index contributed by atoms with van der Waals surface area (Å²) in [5.74, 6) is -2.16. The zero-order valence-corrected chi connectivity index (χ0v) is 13.5. The molecule has 1 amide bonds. The summed E-state index contributed by atoms with van der Waals surface area (Å²) in [4.78, 5) is 12.3. The van der Waals surface area contributed by atoms with E-state index in [1.165, 1.54) is 0 Å². The van der Waals surface area contributed by atoms with Gasteiger partial charge in [0.05, 0.1) is 16.9 Å².